The molecule has 0 bridgehead atoms. The van der Waals surface area contributed by atoms with Crippen molar-refractivity contribution in [1.82, 2.24) is 19.6 Å². The van der Waals surface area contributed by atoms with Crippen LogP contribution in [-0.4, -0.2) is 63.6 Å². The van der Waals surface area contributed by atoms with E-state index in [-0.39, 0.29) is 12.2 Å². The minimum absolute atomic E-state index is 0.0800. The van der Waals surface area contributed by atoms with Gasteiger partial charge < -0.3 is 14.4 Å². The third kappa shape index (κ3) is 5.71. The highest BCUT2D eigenvalue weighted by atomic mass is 32.1. The first-order valence-corrected chi connectivity index (χ1v) is 9.31. The van der Waals surface area contributed by atoms with Crippen LogP contribution < -0.4 is 4.74 Å². The van der Waals surface area contributed by atoms with Crippen LogP contribution in [0.4, 0.5) is 4.79 Å². The molecule has 7 nitrogen and oxygen atoms in total. The van der Waals surface area contributed by atoms with Crippen LogP contribution in [0.3, 0.4) is 0 Å². The smallest absolute Gasteiger partial charge is 0.410 e. The molecule has 1 aromatic heterocycles. The number of rotatable bonds is 4. The number of carbonyl (C=O) groups is 1. The van der Waals surface area contributed by atoms with E-state index in [1.807, 2.05) is 34.6 Å². The van der Waals surface area contributed by atoms with Crippen molar-refractivity contribution in [2.45, 2.75) is 53.0 Å². The van der Waals surface area contributed by atoms with Crippen molar-refractivity contribution in [2.24, 2.45) is 0 Å². The highest BCUT2D eigenvalue weighted by Crippen LogP contribution is 2.19. The van der Waals surface area contributed by atoms with Gasteiger partial charge in [-0.3, -0.25) is 4.90 Å². The van der Waals surface area contributed by atoms with Gasteiger partial charge in [0.2, 0.25) is 0 Å². The standard InChI is InChI=1S/C15H26N4O3S2/c1-11(2)21-12-16-19(14(23)24-12)10-17-6-8-18(9-7-17)13(20)22-15(3,4)5/h11H,6-10H2,1-5H3. The Morgan fingerprint density at radius 3 is 2.46 bits per heavy atom. The molecular formula is C15H26N4O3S2. The molecule has 1 aliphatic heterocycles. The molecule has 1 fully saturated rings. The summed E-state index contributed by atoms with van der Waals surface area (Å²) in [4.78, 5) is 16.0. The van der Waals surface area contributed by atoms with Crippen molar-refractivity contribution < 1.29 is 14.3 Å². The zero-order chi connectivity index (χ0) is 17.9. The number of aromatic nitrogens is 2. The molecule has 0 saturated carbocycles. The van der Waals surface area contributed by atoms with Gasteiger partial charge in [-0.05, 0) is 58.2 Å². The molecule has 0 N–H and O–H groups in total. The Bertz CT molecular complexity index is 613. The minimum Gasteiger partial charge on any atom is -0.466 e. The summed E-state index contributed by atoms with van der Waals surface area (Å²) in [5, 5.41) is 5.01. The lowest BCUT2D eigenvalue weighted by atomic mass is 10.2. The van der Waals surface area contributed by atoms with Crippen molar-refractivity contribution >= 4 is 29.6 Å². The molecule has 0 aliphatic carbocycles. The highest BCUT2D eigenvalue weighted by Gasteiger charge is 2.26. The second kappa shape index (κ2) is 7.79. The Balaban J connectivity index is 1.86. The van der Waals surface area contributed by atoms with Gasteiger partial charge in [-0.25, -0.2) is 9.48 Å². The van der Waals surface area contributed by atoms with E-state index < -0.39 is 5.60 Å². The van der Waals surface area contributed by atoms with E-state index in [1.54, 1.807) is 9.58 Å². The number of piperazine rings is 1. The Hall–Kier alpha value is -1.19. The molecule has 1 amide bonds. The van der Waals surface area contributed by atoms with Crippen molar-refractivity contribution in [3.63, 3.8) is 0 Å². The molecule has 0 radical (unpaired) electrons. The molecule has 1 aromatic rings. The van der Waals surface area contributed by atoms with Gasteiger partial charge in [-0.1, -0.05) is 0 Å². The number of nitrogens with zero attached hydrogens (tertiary/aromatic N) is 4. The predicted octanol–water partition coefficient (Wildman–Crippen LogP) is 2.97. The van der Waals surface area contributed by atoms with Gasteiger partial charge in [-0.2, -0.15) is 0 Å². The summed E-state index contributed by atoms with van der Waals surface area (Å²) in [5.41, 5.74) is -0.464. The third-order valence-corrected chi connectivity index (χ3v) is 4.48. The summed E-state index contributed by atoms with van der Waals surface area (Å²) in [7, 11) is 0. The van der Waals surface area contributed by atoms with Crippen LogP contribution in [0.5, 0.6) is 5.19 Å². The Morgan fingerprint density at radius 2 is 1.92 bits per heavy atom. The van der Waals surface area contributed by atoms with Crippen molar-refractivity contribution in [2.75, 3.05) is 26.2 Å². The van der Waals surface area contributed by atoms with Gasteiger partial charge in [0.1, 0.15) is 5.60 Å². The lowest BCUT2D eigenvalue weighted by molar-refractivity contribution is 0.0113. The number of ether oxygens (including phenoxy) is 2. The maximum Gasteiger partial charge on any atom is 0.410 e. The Labute approximate surface area is 152 Å². The summed E-state index contributed by atoms with van der Waals surface area (Å²) < 4.78 is 13.5. The average Bonchev–Trinajstić information content (AvgIpc) is 2.76. The SMILES string of the molecule is CC(C)Oc1nn(CN2CCN(C(=O)OC(C)(C)C)CC2)c(=S)s1. The summed E-state index contributed by atoms with van der Waals surface area (Å²) in [5.74, 6) is 0. The number of amides is 1. The molecule has 136 valence electrons. The minimum atomic E-state index is -0.464. The summed E-state index contributed by atoms with van der Waals surface area (Å²) in [6.07, 6.45) is -0.170. The second-order valence-electron chi connectivity index (χ2n) is 7.03. The zero-order valence-electron chi connectivity index (χ0n) is 14.9. The van der Waals surface area contributed by atoms with E-state index >= 15 is 0 Å². The van der Waals surface area contributed by atoms with E-state index in [2.05, 4.69) is 10.00 Å². The van der Waals surface area contributed by atoms with E-state index in [0.29, 0.717) is 28.9 Å². The van der Waals surface area contributed by atoms with Crippen LogP contribution >= 0.6 is 23.6 Å². The molecule has 0 unspecified atom stereocenters. The highest BCUT2D eigenvalue weighted by molar-refractivity contribution is 7.73. The molecule has 2 heterocycles. The van der Waals surface area contributed by atoms with Gasteiger partial charge in [0, 0.05) is 26.2 Å². The first-order chi connectivity index (χ1) is 11.1. The first kappa shape index (κ1) is 19.1. The fourth-order valence-corrected chi connectivity index (χ4v) is 3.26. The predicted molar refractivity (Wildman–Crippen MR) is 96.1 cm³/mol. The van der Waals surface area contributed by atoms with E-state index in [9.17, 15) is 4.79 Å². The fraction of sp³-hybridized carbons (Fsp3) is 0.800. The van der Waals surface area contributed by atoms with Gasteiger partial charge in [0.15, 0.2) is 3.95 Å². The monoisotopic (exact) mass is 374 g/mol. The molecule has 0 aromatic carbocycles. The van der Waals surface area contributed by atoms with E-state index in [0.717, 1.165) is 13.1 Å². The van der Waals surface area contributed by atoms with Gasteiger partial charge in [0.05, 0.1) is 12.8 Å². The quantitative estimate of drug-likeness (QED) is 0.755. The number of hydrogen-bond donors (Lipinski definition) is 0. The molecule has 24 heavy (non-hydrogen) atoms. The molecule has 0 spiro atoms. The molecule has 1 aliphatic rings. The van der Waals surface area contributed by atoms with Crippen molar-refractivity contribution in [1.29, 1.82) is 0 Å². The maximum absolute atomic E-state index is 12.1. The van der Waals surface area contributed by atoms with Gasteiger partial charge in [-0.15, -0.1) is 5.10 Å². The molecular weight excluding hydrogens is 348 g/mol. The first-order valence-electron chi connectivity index (χ1n) is 8.09. The maximum atomic E-state index is 12.1. The fourth-order valence-electron chi connectivity index (χ4n) is 2.21. The second-order valence-corrected chi connectivity index (χ2v) is 8.61. The molecule has 2 rings (SSSR count). The van der Waals surface area contributed by atoms with Gasteiger partial charge in [0.25, 0.3) is 5.19 Å². The topological polar surface area (TPSA) is 59.8 Å². The van der Waals surface area contributed by atoms with E-state index in [4.69, 9.17) is 21.7 Å². The summed E-state index contributed by atoms with van der Waals surface area (Å²) in [6.45, 7) is 13.0. The zero-order valence-corrected chi connectivity index (χ0v) is 16.6. The lowest BCUT2D eigenvalue weighted by Crippen LogP contribution is -2.50. The van der Waals surface area contributed by atoms with Crippen LogP contribution in [0.25, 0.3) is 0 Å². The normalized spacial score (nSPS) is 16.5. The van der Waals surface area contributed by atoms with E-state index in [1.165, 1.54) is 11.3 Å². The summed E-state index contributed by atoms with van der Waals surface area (Å²) in [6, 6.07) is 0. The van der Waals surface area contributed by atoms with Crippen molar-refractivity contribution in [3.05, 3.63) is 3.95 Å². The van der Waals surface area contributed by atoms with Crippen molar-refractivity contribution in [3.8, 4) is 5.19 Å². The van der Waals surface area contributed by atoms with Crippen LogP contribution in [0.2, 0.25) is 0 Å². The molecule has 1 saturated heterocycles. The Kier molecular flexibility index (Phi) is 6.22. The van der Waals surface area contributed by atoms with Crippen LogP contribution in [0.15, 0.2) is 0 Å². The van der Waals surface area contributed by atoms with Crippen LogP contribution in [-0.2, 0) is 11.4 Å². The van der Waals surface area contributed by atoms with Crippen LogP contribution in [0, 0.1) is 3.95 Å². The molecule has 0 atom stereocenters. The van der Waals surface area contributed by atoms with Gasteiger partial charge >= 0.3 is 6.09 Å². The Morgan fingerprint density at radius 1 is 1.29 bits per heavy atom. The molecule has 9 heteroatoms. The number of carbonyl (C=O) groups excluding carboxylic acids is 1. The number of hydrogen-bond acceptors (Lipinski definition) is 7. The third-order valence-electron chi connectivity index (χ3n) is 3.28. The lowest BCUT2D eigenvalue weighted by Gasteiger charge is -2.35. The average molecular weight is 375 g/mol. The van der Waals surface area contributed by atoms with Crippen LogP contribution in [0.1, 0.15) is 34.6 Å². The largest absolute Gasteiger partial charge is 0.466 e. The summed E-state index contributed by atoms with van der Waals surface area (Å²) >= 11 is 6.72.